The first-order valence-corrected chi connectivity index (χ1v) is 6.14. The molecule has 2 N–H and O–H groups in total. The van der Waals surface area contributed by atoms with Crippen LogP contribution in [0.25, 0.3) is 0 Å². The van der Waals surface area contributed by atoms with Crippen molar-refractivity contribution in [2.75, 3.05) is 25.1 Å². The summed E-state index contributed by atoms with van der Waals surface area (Å²) in [7, 11) is 0. The lowest BCUT2D eigenvalue weighted by molar-refractivity contribution is -0.138. The maximum atomic E-state index is 12.4. The molecule has 5 nitrogen and oxygen atoms in total. The zero-order valence-corrected chi connectivity index (χ0v) is 10.1. The van der Waals surface area contributed by atoms with E-state index in [4.69, 9.17) is 4.74 Å². The number of ether oxygens (including phenoxy) is 1. The third kappa shape index (κ3) is 2.90. The predicted octanol–water partition coefficient (Wildman–Crippen LogP) is 1.51. The Kier molecular flexibility index (Phi) is 3.74. The highest BCUT2D eigenvalue weighted by molar-refractivity contribution is 7.15. The Hall–Kier alpha value is -0.930. The summed E-state index contributed by atoms with van der Waals surface area (Å²) >= 11 is 0.437. The molecule has 1 aromatic heterocycles. The fraction of sp³-hybridized carbons (Fsp3) is 0.778. The van der Waals surface area contributed by atoms with Crippen molar-refractivity contribution >= 4 is 16.5 Å². The number of hydrogen-bond acceptors (Lipinski definition) is 6. The molecule has 0 aliphatic carbocycles. The lowest BCUT2D eigenvalue weighted by atomic mass is 9.91. The number of halogens is 3. The molecular formula is C9H12F3N3O2S. The summed E-state index contributed by atoms with van der Waals surface area (Å²) in [6.45, 7) is 0.730. The predicted molar refractivity (Wildman–Crippen MR) is 58.4 cm³/mol. The van der Waals surface area contributed by atoms with E-state index in [9.17, 15) is 18.3 Å². The second-order valence-corrected chi connectivity index (χ2v) is 5.06. The molecule has 0 saturated carbocycles. The van der Waals surface area contributed by atoms with Crippen LogP contribution < -0.4 is 5.32 Å². The van der Waals surface area contributed by atoms with E-state index in [0.717, 1.165) is 0 Å². The van der Waals surface area contributed by atoms with Crippen LogP contribution >= 0.6 is 11.3 Å². The van der Waals surface area contributed by atoms with Gasteiger partial charge in [0.15, 0.2) is 0 Å². The lowest BCUT2D eigenvalue weighted by Gasteiger charge is -2.35. The van der Waals surface area contributed by atoms with E-state index in [1.807, 2.05) is 0 Å². The zero-order chi connectivity index (χ0) is 13.2. The first-order valence-electron chi connectivity index (χ1n) is 5.33. The number of hydrogen-bond donors (Lipinski definition) is 2. The van der Waals surface area contributed by atoms with Crippen molar-refractivity contribution in [3.63, 3.8) is 0 Å². The highest BCUT2D eigenvalue weighted by Crippen LogP contribution is 2.35. The van der Waals surface area contributed by atoms with Gasteiger partial charge in [-0.05, 0) is 12.8 Å². The normalized spacial score (nSPS) is 19.8. The van der Waals surface area contributed by atoms with Gasteiger partial charge >= 0.3 is 6.18 Å². The van der Waals surface area contributed by atoms with Crippen molar-refractivity contribution < 1.29 is 23.0 Å². The number of nitrogens with zero attached hydrogens (tertiary/aromatic N) is 2. The first kappa shape index (κ1) is 13.5. The molecule has 2 rings (SSSR count). The van der Waals surface area contributed by atoms with Gasteiger partial charge in [0.1, 0.15) is 0 Å². The van der Waals surface area contributed by atoms with E-state index in [1.54, 1.807) is 0 Å². The van der Waals surface area contributed by atoms with Gasteiger partial charge in [0.25, 0.3) is 0 Å². The summed E-state index contributed by atoms with van der Waals surface area (Å²) in [5.74, 6) is 0. The number of rotatable bonds is 3. The van der Waals surface area contributed by atoms with Crippen LogP contribution in [0.4, 0.5) is 18.3 Å². The fourth-order valence-corrected chi connectivity index (χ4v) is 2.43. The van der Waals surface area contributed by atoms with E-state index in [0.29, 0.717) is 37.4 Å². The van der Waals surface area contributed by atoms with Crippen LogP contribution in [0.5, 0.6) is 0 Å². The van der Waals surface area contributed by atoms with Gasteiger partial charge in [0.05, 0.1) is 12.1 Å². The smallest absolute Gasteiger partial charge is 0.394 e. The SMILES string of the molecule is OCC1(Nc2nnc(C(F)(F)F)s2)CCOCC1. The highest BCUT2D eigenvalue weighted by atomic mass is 32.1. The number of alkyl halides is 3. The maximum Gasteiger partial charge on any atom is 0.445 e. The van der Waals surface area contributed by atoms with Gasteiger partial charge in [0.2, 0.25) is 10.1 Å². The van der Waals surface area contributed by atoms with Gasteiger partial charge in [0, 0.05) is 13.2 Å². The monoisotopic (exact) mass is 283 g/mol. The van der Waals surface area contributed by atoms with Crippen molar-refractivity contribution in [1.82, 2.24) is 10.2 Å². The Morgan fingerprint density at radius 3 is 2.50 bits per heavy atom. The molecular weight excluding hydrogens is 271 g/mol. The Morgan fingerprint density at radius 2 is 2.00 bits per heavy atom. The summed E-state index contributed by atoms with van der Waals surface area (Å²) in [6, 6.07) is 0. The molecule has 0 spiro atoms. The van der Waals surface area contributed by atoms with E-state index in [-0.39, 0.29) is 11.7 Å². The Labute approximate surface area is 105 Å². The third-order valence-corrected chi connectivity index (χ3v) is 3.68. The van der Waals surface area contributed by atoms with E-state index >= 15 is 0 Å². The molecule has 0 atom stereocenters. The van der Waals surface area contributed by atoms with Gasteiger partial charge in [-0.3, -0.25) is 0 Å². The third-order valence-electron chi connectivity index (χ3n) is 2.79. The van der Waals surface area contributed by atoms with E-state index < -0.39 is 16.7 Å². The summed E-state index contributed by atoms with van der Waals surface area (Å²) in [4.78, 5) is 0. The summed E-state index contributed by atoms with van der Waals surface area (Å²) in [5, 5.41) is 17.9. The van der Waals surface area contributed by atoms with Crippen LogP contribution in [0.2, 0.25) is 0 Å². The maximum absolute atomic E-state index is 12.4. The van der Waals surface area contributed by atoms with Crippen LogP contribution in [0.1, 0.15) is 17.8 Å². The van der Waals surface area contributed by atoms with Crippen LogP contribution in [0.3, 0.4) is 0 Å². The molecule has 0 radical (unpaired) electrons. The van der Waals surface area contributed by atoms with Gasteiger partial charge in [-0.25, -0.2) is 0 Å². The molecule has 1 aromatic rings. The Morgan fingerprint density at radius 1 is 1.33 bits per heavy atom. The van der Waals surface area contributed by atoms with Gasteiger partial charge in [-0.15, -0.1) is 10.2 Å². The molecule has 0 unspecified atom stereocenters. The Balaban J connectivity index is 2.10. The zero-order valence-electron chi connectivity index (χ0n) is 9.33. The van der Waals surface area contributed by atoms with Crippen molar-refractivity contribution in [3.8, 4) is 0 Å². The molecule has 1 aliphatic rings. The highest BCUT2D eigenvalue weighted by Gasteiger charge is 2.37. The van der Waals surface area contributed by atoms with E-state index in [1.165, 1.54) is 0 Å². The molecule has 2 heterocycles. The number of aromatic nitrogens is 2. The van der Waals surface area contributed by atoms with Gasteiger partial charge in [-0.2, -0.15) is 13.2 Å². The molecule has 0 amide bonds. The Bertz CT molecular complexity index is 404. The van der Waals surface area contributed by atoms with Crippen molar-refractivity contribution in [2.24, 2.45) is 0 Å². The lowest BCUT2D eigenvalue weighted by Crippen LogP contribution is -2.46. The van der Waals surface area contributed by atoms with Gasteiger partial charge in [-0.1, -0.05) is 11.3 Å². The quantitative estimate of drug-likeness (QED) is 0.880. The molecule has 0 bridgehead atoms. The minimum Gasteiger partial charge on any atom is -0.394 e. The summed E-state index contributed by atoms with van der Waals surface area (Å²) in [6.07, 6.45) is -3.45. The topological polar surface area (TPSA) is 67.3 Å². The standard InChI is InChI=1S/C9H12F3N3O2S/c10-9(11,12)6-14-15-7(18-6)13-8(5-16)1-3-17-4-2-8/h16H,1-5H2,(H,13,15). The molecule has 1 aliphatic heterocycles. The molecule has 1 fully saturated rings. The summed E-state index contributed by atoms with van der Waals surface area (Å²) < 4.78 is 42.3. The van der Waals surface area contributed by atoms with Crippen LogP contribution in [0, 0.1) is 0 Å². The first-order chi connectivity index (χ1) is 8.45. The van der Waals surface area contributed by atoms with Crippen LogP contribution in [-0.2, 0) is 10.9 Å². The number of aliphatic hydroxyl groups excluding tert-OH is 1. The van der Waals surface area contributed by atoms with Crippen molar-refractivity contribution in [2.45, 2.75) is 24.6 Å². The average molecular weight is 283 g/mol. The molecule has 102 valence electrons. The summed E-state index contributed by atoms with van der Waals surface area (Å²) in [5.41, 5.74) is -0.666. The number of nitrogens with one attached hydrogen (secondary N) is 1. The minimum absolute atomic E-state index is 0.0678. The second-order valence-electron chi connectivity index (χ2n) is 4.09. The van der Waals surface area contributed by atoms with E-state index in [2.05, 4.69) is 15.5 Å². The largest absolute Gasteiger partial charge is 0.445 e. The second kappa shape index (κ2) is 4.98. The number of aliphatic hydroxyl groups is 1. The van der Waals surface area contributed by atoms with Crippen molar-refractivity contribution in [3.05, 3.63) is 5.01 Å². The van der Waals surface area contributed by atoms with Crippen LogP contribution in [-0.4, -0.2) is 40.7 Å². The molecule has 9 heteroatoms. The average Bonchev–Trinajstić information content (AvgIpc) is 2.78. The fourth-order valence-electron chi connectivity index (χ4n) is 1.70. The molecule has 18 heavy (non-hydrogen) atoms. The van der Waals surface area contributed by atoms with Crippen LogP contribution in [0.15, 0.2) is 0 Å². The van der Waals surface area contributed by atoms with Gasteiger partial charge < -0.3 is 15.2 Å². The number of anilines is 1. The van der Waals surface area contributed by atoms with Crippen molar-refractivity contribution in [1.29, 1.82) is 0 Å². The molecule has 1 saturated heterocycles. The molecule has 0 aromatic carbocycles. The minimum atomic E-state index is -4.49.